The van der Waals surface area contributed by atoms with Crippen molar-refractivity contribution in [3.05, 3.63) is 17.5 Å². The number of esters is 1. The minimum atomic E-state index is -0.502. The van der Waals surface area contributed by atoms with Crippen molar-refractivity contribution in [1.29, 1.82) is 0 Å². The Bertz CT molecular complexity index is 309. The Hall–Kier alpha value is -1.32. The normalized spacial score (nSPS) is 11.4. The molecule has 4 nitrogen and oxygen atoms in total. The van der Waals surface area contributed by atoms with Gasteiger partial charge < -0.3 is 9.26 Å². The Kier molecular flexibility index (Phi) is 2.40. The molecule has 13 heavy (non-hydrogen) atoms. The lowest BCUT2D eigenvalue weighted by Gasteiger charge is -2.17. The second-order valence-electron chi connectivity index (χ2n) is 3.83. The second-order valence-corrected chi connectivity index (χ2v) is 3.83. The summed E-state index contributed by atoms with van der Waals surface area (Å²) in [5.41, 5.74) is 0.165. The molecule has 0 radical (unpaired) electrons. The van der Waals surface area contributed by atoms with Crippen molar-refractivity contribution in [1.82, 2.24) is 5.16 Å². The molecule has 0 fully saturated rings. The van der Waals surface area contributed by atoms with Crippen LogP contribution in [0, 0.1) is 6.92 Å². The van der Waals surface area contributed by atoms with Gasteiger partial charge >= 0.3 is 5.97 Å². The molecule has 1 aromatic heterocycles. The summed E-state index contributed by atoms with van der Waals surface area (Å²) in [5.74, 6) is -0.333. The van der Waals surface area contributed by atoms with Gasteiger partial charge in [-0.1, -0.05) is 5.16 Å². The molecule has 1 aromatic rings. The maximum atomic E-state index is 11.3. The summed E-state index contributed by atoms with van der Waals surface area (Å²) in [4.78, 5) is 11.3. The van der Waals surface area contributed by atoms with Crippen LogP contribution in [-0.4, -0.2) is 16.7 Å². The molecule has 72 valence electrons. The van der Waals surface area contributed by atoms with Crippen LogP contribution in [-0.2, 0) is 4.74 Å². The van der Waals surface area contributed by atoms with Crippen molar-refractivity contribution in [2.24, 2.45) is 0 Å². The number of aryl methyl sites for hydroxylation is 1. The highest BCUT2D eigenvalue weighted by Crippen LogP contribution is 2.12. The fourth-order valence-corrected chi connectivity index (χ4v) is 0.788. The fourth-order valence-electron chi connectivity index (χ4n) is 0.788. The number of rotatable bonds is 1. The molecule has 0 atom stereocenters. The number of ether oxygens (including phenoxy) is 1. The average molecular weight is 183 g/mol. The lowest BCUT2D eigenvalue weighted by atomic mass is 10.2. The SMILES string of the molecule is Cc1cc(C(=O)OC(C)(C)C)on1. The molecule has 4 heteroatoms. The van der Waals surface area contributed by atoms with E-state index in [4.69, 9.17) is 9.26 Å². The Balaban J connectivity index is 2.70. The lowest BCUT2D eigenvalue weighted by Crippen LogP contribution is -2.23. The Morgan fingerprint density at radius 3 is 2.54 bits per heavy atom. The zero-order chi connectivity index (χ0) is 10.1. The third kappa shape index (κ3) is 2.89. The van der Waals surface area contributed by atoms with Gasteiger partial charge in [0.1, 0.15) is 5.60 Å². The van der Waals surface area contributed by atoms with Crippen LogP contribution in [0.5, 0.6) is 0 Å². The fraction of sp³-hybridized carbons (Fsp3) is 0.556. The van der Waals surface area contributed by atoms with Crippen LogP contribution in [0.2, 0.25) is 0 Å². The topological polar surface area (TPSA) is 52.3 Å². The molecule has 0 aliphatic carbocycles. The first kappa shape index (κ1) is 9.77. The molecule has 0 bridgehead atoms. The third-order valence-electron chi connectivity index (χ3n) is 1.23. The van der Waals surface area contributed by atoms with E-state index in [9.17, 15) is 4.79 Å². The van der Waals surface area contributed by atoms with E-state index in [1.54, 1.807) is 33.8 Å². The molecule has 0 spiro atoms. The highest BCUT2D eigenvalue weighted by molar-refractivity contribution is 5.86. The summed E-state index contributed by atoms with van der Waals surface area (Å²) in [6.07, 6.45) is 0. The number of carbonyl (C=O) groups excluding carboxylic acids is 1. The molecule has 0 unspecified atom stereocenters. The molecule has 0 aliphatic heterocycles. The summed E-state index contributed by atoms with van der Waals surface area (Å²) in [6, 6.07) is 1.55. The minimum absolute atomic E-state index is 0.146. The van der Waals surface area contributed by atoms with Gasteiger partial charge in [0, 0.05) is 6.07 Å². The smallest absolute Gasteiger partial charge is 0.377 e. The Morgan fingerprint density at radius 2 is 2.15 bits per heavy atom. The van der Waals surface area contributed by atoms with E-state index in [0.29, 0.717) is 5.69 Å². The molecular formula is C9H13NO3. The van der Waals surface area contributed by atoms with Gasteiger partial charge in [0.2, 0.25) is 5.76 Å². The molecule has 1 rings (SSSR count). The molecule has 0 saturated heterocycles. The molecular weight excluding hydrogens is 170 g/mol. The van der Waals surface area contributed by atoms with Gasteiger partial charge in [-0.25, -0.2) is 4.79 Å². The van der Waals surface area contributed by atoms with Crippen LogP contribution in [0.1, 0.15) is 37.0 Å². The number of aromatic nitrogens is 1. The van der Waals surface area contributed by atoms with E-state index in [1.165, 1.54) is 0 Å². The van der Waals surface area contributed by atoms with E-state index < -0.39 is 11.6 Å². The van der Waals surface area contributed by atoms with Gasteiger partial charge in [0.05, 0.1) is 5.69 Å². The zero-order valence-corrected chi connectivity index (χ0v) is 8.25. The summed E-state index contributed by atoms with van der Waals surface area (Å²) >= 11 is 0. The monoisotopic (exact) mass is 183 g/mol. The van der Waals surface area contributed by atoms with Gasteiger partial charge in [-0.3, -0.25) is 0 Å². The van der Waals surface area contributed by atoms with E-state index in [1.807, 2.05) is 0 Å². The predicted molar refractivity (Wildman–Crippen MR) is 46.4 cm³/mol. The van der Waals surface area contributed by atoms with Crippen LogP contribution < -0.4 is 0 Å². The summed E-state index contributed by atoms with van der Waals surface area (Å²) < 4.78 is 9.81. The van der Waals surface area contributed by atoms with Crippen LogP contribution in [0.3, 0.4) is 0 Å². The van der Waals surface area contributed by atoms with Crippen molar-refractivity contribution in [2.75, 3.05) is 0 Å². The van der Waals surface area contributed by atoms with Crippen LogP contribution in [0.25, 0.3) is 0 Å². The first-order chi connectivity index (χ1) is 5.88. The van der Waals surface area contributed by atoms with E-state index in [0.717, 1.165) is 0 Å². The van der Waals surface area contributed by atoms with Crippen LogP contribution in [0.4, 0.5) is 0 Å². The Morgan fingerprint density at radius 1 is 1.54 bits per heavy atom. The zero-order valence-electron chi connectivity index (χ0n) is 8.25. The minimum Gasteiger partial charge on any atom is -0.454 e. The largest absolute Gasteiger partial charge is 0.454 e. The number of hydrogen-bond donors (Lipinski definition) is 0. The van der Waals surface area contributed by atoms with Crippen molar-refractivity contribution >= 4 is 5.97 Å². The van der Waals surface area contributed by atoms with Crippen molar-refractivity contribution in [2.45, 2.75) is 33.3 Å². The highest BCUT2D eigenvalue weighted by atomic mass is 16.6. The second kappa shape index (κ2) is 3.20. The molecule has 0 aromatic carbocycles. The molecule has 0 aliphatic rings. The van der Waals surface area contributed by atoms with Crippen molar-refractivity contribution < 1.29 is 14.1 Å². The number of hydrogen-bond acceptors (Lipinski definition) is 4. The first-order valence-corrected chi connectivity index (χ1v) is 4.05. The lowest BCUT2D eigenvalue weighted by molar-refractivity contribution is 0.00277. The number of carbonyl (C=O) groups is 1. The summed E-state index contributed by atoms with van der Waals surface area (Å²) in [5, 5.41) is 3.59. The maximum absolute atomic E-state index is 11.3. The van der Waals surface area contributed by atoms with Gasteiger partial charge in [-0.15, -0.1) is 0 Å². The molecule has 0 N–H and O–H groups in total. The van der Waals surface area contributed by atoms with E-state index >= 15 is 0 Å². The maximum Gasteiger partial charge on any atom is 0.377 e. The average Bonchev–Trinajstić information content (AvgIpc) is 2.31. The van der Waals surface area contributed by atoms with E-state index in [2.05, 4.69) is 5.16 Å². The molecule has 0 saturated carbocycles. The molecule has 0 amide bonds. The Labute approximate surface area is 76.9 Å². The third-order valence-corrected chi connectivity index (χ3v) is 1.23. The quantitative estimate of drug-likeness (QED) is 0.624. The van der Waals surface area contributed by atoms with Gasteiger partial charge in [0.25, 0.3) is 0 Å². The van der Waals surface area contributed by atoms with Crippen LogP contribution >= 0.6 is 0 Å². The van der Waals surface area contributed by atoms with Gasteiger partial charge in [0.15, 0.2) is 0 Å². The standard InChI is InChI=1S/C9H13NO3/c1-6-5-7(13-10-6)8(11)12-9(2,3)4/h5H,1-4H3. The first-order valence-electron chi connectivity index (χ1n) is 4.05. The van der Waals surface area contributed by atoms with Crippen molar-refractivity contribution in [3.8, 4) is 0 Å². The predicted octanol–water partition coefficient (Wildman–Crippen LogP) is 1.94. The van der Waals surface area contributed by atoms with Gasteiger partial charge in [-0.2, -0.15) is 0 Å². The van der Waals surface area contributed by atoms with Crippen molar-refractivity contribution in [3.63, 3.8) is 0 Å². The highest BCUT2D eigenvalue weighted by Gasteiger charge is 2.20. The van der Waals surface area contributed by atoms with Gasteiger partial charge in [-0.05, 0) is 27.7 Å². The summed E-state index contributed by atoms with van der Waals surface area (Å²) in [6.45, 7) is 7.15. The summed E-state index contributed by atoms with van der Waals surface area (Å²) in [7, 11) is 0. The van der Waals surface area contributed by atoms with E-state index in [-0.39, 0.29) is 5.76 Å². The number of nitrogens with zero attached hydrogens (tertiary/aromatic N) is 1. The molecule has 1 heterocycles. The van der Waals surface area contributed by atoms with Crippen LogP contribution in [0.15, 0.2) is 10.6 Å².